The van der Waals surface area contributed by atoms with E-state index in [-0.39, 0.29) is 22.7 Å². The summed E-state index contributed by atoms with van der Waals surface area (Å²) < 4.78 is 13.1. The number of amides is 1. The molecule has 1 rings (SSSR count). The van der Waals surface area contributed by atoms with Crippen LogP contribution in [0.3, 0.4) is 0 Å². The highest BCUT2D eigenvalue weighted by molar-refractivity contribution is 6.32. The number of hydrogen-bond acceptors (Lipinski definition) is 2. The van der Waals surface area contributed by atoms with Crippen molar-refractivity contribution in [2.45, 2.75) is 52.0 Å². The van der Waals surface area contributed by atoms with Crippen LogP contribution in [-0.4, -0.2) is 16.9 Å². The van der Waals surface area contributed by atoms with E-state index in [9.17, 15) is 9.18 Å². The Morgan fingerprint density at radius 3 is 2.79 bits per heavy atom. The molecule has 0 aliphatic carbocycles. The Balaban J connectivity index is 2.72. The highest BCUT2D eigenvalue weighted by Crippen LogP contribution is 2.15. The van der Waals surface area contributed by atoms with E-state index in [1.54, 1.807) is 0 Å². The van der Waals surface area contributed by atoms with Gasteiger partial charge in [-0.15, -0.1) is 0 Å². The first-order valence-corrected chi connectivity index (χ1v) is 7.08. The molecule has 1 N–H and O–H groups in total. The monoisotopic (exact) mass is 286 g/mol. The molecule has 0 saturated heterocycles. The summed E-state index contributed by atoms with van der Waals surface area (Å²) in [7, 11) is 0. The van der Waals surface area contributed by atoms with Crippen molar-refractivity contribution in [2.75, 3.05) is 0 Å². The molecular weight excluding hydrogens is 267 g/mol. The standard InChI is InChI=1S/C14H20ClFN2O/c1-3-5-7-11(6-4-2)18-14(19)12-8-10(16)9-17-13(12)15/h8-9,11H,3-7H2,1-2H3,(H,18,19). The van der Waals surface area contributed by atoms with Crippen LogP contribution < -0.4 is 5.32 Å². The lowest BCUT2D eigenvalue weighted by molar-refractivity contribution is 0.0931. The van der Waals surface area contributed by atoms with Crippen LogP contribution in [0.1, 0.15) is 56.3 Å². The van der Waals surface area contributed by atoms with Crippen LogP contribution in [-0.2, 0) is 0 Å². The average molecular weight is 287 g/mol. The molecule has 0 aliphatic heterocycles. The molecule has 0 aliphatic rings. The van der Waals surface area contributed by atoms with Crippen LogP contribution in [0, 0.1) is 5.82 Å². The Labute approximate surface area is 118 Å². The molecular formula is C14H20ClFN2O. The Bertz CT molecular complexity index is 426. The van der Waals surface area contributed by atoms with E-state index in [0.29, 0.717) is 0 Å². The number of unbranched alkanes of at least 4 members (excludes halogenated alkanes) is 1. The van der Waals surface area contributed by atoms with Crippen molar-refractivity contribution in [3.8, 4) is 0 Å². The van der Waals surface area contributed by atoms with Crippen molar-refractivity contribution >= 4 is 17.5 Å². The van der Waals surface area contributed by atoms with Gasteiger partial charge in [0.15, 0.2) is 0 Å². The second-order valence-electron chi connectivity index (χ2n) is 4.59. The average Bonchev–Trinajstić information content (AvgIpc) is 2.39. The maximum Gasteiger partial charge on any atom is 0.254 e. The quantitative estimate of drug-likeness (QED) is 0.771. The molecule has 1 unspecified atom stereocenters. The van der Waals surface area contributed by atoms with Gasteiger partial charge >= 0.3 is 0 Å². The van der Waals surface area contributed by atoms with Crippen LogP contribution in [0.15, 0.2) is 12.3 Å². The minimum Gasteiger partial charge on any atom is -0.349 e. The van der Waals surface area contributed by atoms with Gasteiger partial charge in [0, 0.05) is 6.04 Å². The summed E-state index contributed by atoms with van der Waals surface area (Å²) in [4.78, 5) is 15.7. The summed E-state index contributed by atoms with van der Waals surface area (Å²) >= 11 is 5.82. The fourth-order valence-electron chi connectivity index (χ4n) is 1.93. The maximum atomic E-state index is 13.1. The molecule has 3 nitrogen and oxygen atoms in total. The Morgan fingerprint density at radius 1 is 1.42 bits per heavy atom. The van der Waals surface area contributed by atoms with Crippen molar-refractivity contribution in [3.63, 3.8) is 0 Å². The van der Waals surface area contributed by atoms with E-state index in [0.717, 1.165) is 44.4 Å². The SMILES string of the molecule is CCCCC(CCC)NC(=O)c1cc(F)cnc1Cl. The summed E-state index contributed by atoms with van der Waals surface area (Å²) in [6, 6.07) is 1.23. The van der Waals surface area contributed by atoms with Crippen molar-refractivity contribution < 1.29 is 9.18 Å². The Morgan fingerprint density at radius 2 is 2.16 bits per heavy atom. The number of carbonyl (C=O) groups excluding carboxylic acids is 1. The molecule has 1 amide bonds. The first-order valence-electron chi connectivity index (χ1n) is 6.70. The molecule has 5 heteroatoms. The van der Waals surface area contributed by atoms with Gasteiger partial charge < -0.3 is 5.32 Å². The summed E-state index contributed by atoms with van der Waals surface area (Å²) in [6.45, 7) is 4.18. The highest BCUT2D eigenvalue weighted by Gasteiger charge is 2.16. The van der Waals surface area contributed by atoms with Gasteiger partial charge in [0.2, 0.25) is 0 Å². The number of pyridine rings is 1. The van der Waals surface area contributed by atoms with Crippen LogP contribution in [0.5, 0.6) is 0 Å². The zero-order valence-corrected chi connectivity index (χ0v) is 12.1. The van der Waals surface area contributed by atoms with Gasteiger partial charge in [-0.25, -0.2) is 9.37 Å². The first kappa shape index (κ1) is 15.9. The molecule has 0 spiro atoms. The number of nitrogens with zero attached hydrogens (tertiary/aromatic N) is 1. The smallest absolute Gasteiger partial charge is 0.254 e. The lowest BCUT2D eigenvalue weighted by atomic mass is 10.0. The van der Waals surface area contributed by atoms with E-state index in [2.05, 4.69) is 24.1 Å². The molecule has 0 saturated carbocycles. The van der Waals surface area contributed by atoms with Crippen LogP contribution >= 0.6 is 11.6 Å². The van der Waals surface area contributed by atoms with Gasteiger partial charge in [-0.05, 0) is 18.9 Å². The Kier molecular flexibility index (Phi) is 6.78. The predicted octanol–water partition coefficient (Wildman–Crippen LogP) is 3.96. The molecule has 19 heavy (non-hydrogen) atoms. The fourth-order valence-corrected chi connectivity index (χ4v) is 2.12. The summed E-state index contributed by atoms with van der Waals surface area (Å²) in [5.74, 6) is -0.915. The van der Waals surface area contributed by atoms with Crippen molar-refractivity contribution in [1.29, 1.82) is 0 Å². The first-order chi connectivity index (χ1) is 9.08. The number of nitrogens with one attached hydrogen (secondary N) is 1. The number of hydrogen-bond donors (Lipinski definition) is 1. The van der Waals surface area contributed by atoms with Crippen LogP contribution in [0.4, 0.5) is 4.39 Å². The third-order valence-electron chi connectivity index (χ3n) is 2.93. The van der Waals surface area contributed by atoms with Gasteiger partial charge in [0.1, 0.15) is 11.0 Å². The third-order valence-corrected chi connectivity index (χ3v) is 3.23. The number of carbonyl (C=O) groups is 1. The fraction of sp³-hybridized carbons (Fsp3) is 0.571. The lowest BCUT2D eigenvalue weighted by Gasteiger charge is -2.18. The van der Waals surface area contributed by atoms with Crippen LogP contribution in [0.2, 0.25) is 5.15 Å². The third kappa shape index (κ3) is 5.15. The van der Waals surface area contributed by atoms with Crippen molar-refractivity contribution in [3.05, 3.63) is 28.8 Å². The normalized spacial score (nSPS) is 12.2. The van der Waals surface area contributed by atoms with Gasteiger partial charge in [-0.2, -0.15) is 0 Å². The van der Waals surface area contributed by atoms with Crippen LogP contribution in [0.25, 0.3) is 0 Å². The largest absolute Gasteiger partial charge is 0.349 e. The molecule has 0 fully saturated rings. The second kappa shape index (κ2) is 8.10. The summed E-state index contributed by atoms with van der Waals surface area (Å²) in [5, 5.41) is 2.94. The minimum atomic E-state index is -0.560. The van der Waals surface area contributed by atoms with Gasteiger partial charge in [-0.3, -0.25) is 4.79 Å². The highest BCUT2D eigenvalue weighted by atomic mass is 35.5. The molecule has 1 aromatic heterocycles. The maximum absolute atomic E-state index is 13.1. The molecule has 1 aromatic rings. The van der Waals surface area contributed by atoms with Gasteiger partial charge in [0.05, 0.1) is 11.8 Å². The van der Waals surface area contributed by atoms with E-state index < -0.39 is 5.82 Å². The molecule has 106 valence electrons. The summed E-state index contributed by atoms with van der Waals surface area (Å²) in [5.41, 5.74) is 0.0965. The Hall–Kier alpha value is -1.16. The molecule has 0 aromatic carbocycles. The van der Waals surface area contributed by atoms with E-state index in [1.165, 1.54) is 0 Å². The zero-order valence-electron chi connectivity index (χ0n) is 11.4. The van der Waals surface area contributed by atoms with E-state index in [4.69, 9.17) is 11.6 Å². The lowest BCUT2D eigenvalue weighted by Crippen LogP contribution is -2.35. The van der Waals surface area contributed by atoms with Crippen molar-refractivity contribution in [2.24, 2.45) is 0 Å². The number of rotatable bonds is 7. The molecule has 0 radical (unpaired) electrons. The molecule has 1 atom stereocenters. The number of aromatic nitrogens is 1. The predicted molar refractivity (Wildman–Crippen MR) is 74.9 cm³/mol. The molecule has 0 bridgehead atoms. The van der Waals surface area contributed by atoms with E-state index in [1.807, 2.05) is 0 Å². The second-order valence-corrected chi connectivity index (χ2v) is 4.95. The molecule has 1 heterocycles. The summed E-state index contributed by atoms with van der Waals surface area (Å²) in [6.07, 6.45) is 5.96. The van der Waals surface area contributed by atoms with Crippen molar-refractivity contribution in [1.82, 2.24) is 10.3 Å². The van der Waals surface area contributed by atoms with Gasteiger partial charge in [0.25, 0.3) is 5.91 Å². The van der Waals surface area contributed by atoms with Gasteiger partial charge in [-0.1, -0.05) is 44.7 Å². The minimum absolute atomic E-state index is 0.0321. The van der Waals surface area contributed by atoms with E-state index >= 15 is 0 Å². The zero-order chi connectivity index (χ0) is 14.3. The number of halogens is 2. The topological polar surface area (TPSA) is 42.0 Å².